The van der Waals surface area contributed by atoms with E-state index in [2.05, 4.69) is 44.9 Å². The molecule has 2 aromatic carbocycles. The van der Waals surface area contributed by atoms with Crippen molar-refractivity contribution in [3.05, 3.63) is 65.9 Å². The number of nitrogens with one attached hydrogen (secondary N) is 2. The Morgan fingerprint density at radius 1 is 0.893 bits per heavy atom. The smallest absolute Gasteiger partial charge is 0.224 e. The molecule has 0 aliphatic heterocycles. The van der Waals surface area contributed by atoms with E-state index in [0.717, 1.165) is 36.6 Å². The van der Waals surface area contributed by atoms with Gasteiger partial charge in [0.1, 0.15) is 5.82 Å². The molecule has 6 heteroatoms. The van der Waals surface area contributed by atoms with Crippen molar-refractivity contribution in [2.75, 3.05) is 31.4 Å². The van der Waals surface area contributed by atoms with E-state index in [1.807, 2.05) is 37.3 Å². The summed E-state index contributed by atoms with van der Waals surface area (Å²) in [5, 5.41) is 6.62. The third kappa shape index (κ3) is 5.36. The molecule has 0 saturated carbocycles. The summed E-state index contributed by atoms with van der Waals surface area (Å²) in [7, 11) is 3.24. The van der Waals surface area contributed by atoms with Gasteiger partial charge in [-0.1, -0.05) is 30.3 Å². The number of aromatic nitrogens is 2. The minimum atomic E-state index is 0.621. The molecule has 0 aliphatic carbocycles. The molecule has 6 nitrogen and oxygen atoms in total. The first kappa shape index (κ1) is 19.5. The molecule has 0 aliphatic rings. The lowest BCUT2D eigenvalue weighted by Gasteiger charge is -2.12. The van der Waals surface area contributed by atoms with Crippen LogP contribution < -0.4 is 20.1 Å². The molecule has 0 saturated heterocycles. The molecule has 146 valence electrons. The molecule has 0 radical (unpaired) electrons. The Morgan fingerprint density at radius 3 is 2.43 bits per heavy atom. The van der Waals surface area contributed by atoms with Gasteiger partial charge in [-0.25, -0.2) is 4.98 Å². The first-order valence-electron chi connectivity index (χ1n) is 9.30. The third-order valence-corrected chi connectivity index (χ3v) is 4.28. The van der Waals surface area contributed by atoms with E-state index in [0.29, 0.717) is 17.4 Å². The number of benzene rings is 2. The summed E-state index contributed by atoms with van der Waals surface area (Å²) in [6.07, 6.45) is 2.04. The zero-order chi connectivity index (χ0) is 19.8. The molecule has 3 aromatic rings. The van der Waals surface area contributed by atoms with Crippen LogP contribution in [0.5, 0.6) is 11.5 Å². The average molecular weight is 378 g/mol. The Hall–Kier alpha value is -3.28. The number of aryl methyl sites for hydroxylation is 2. The van der Waals surface area contributed by atoms with E-state index in [-0.39, 0.29) is 0 Å². The van der Waals surface area contributed by atoms with Gasteiger partial charge in [0, 0.05) is 30.1 Å². The lowest BCUT2D eigenvalue weighted by atomic mass is 10.1. The lowest BCUT2D eigenvalue weighted by molar-refractivity contribution is 0.355. The third-order valence-electron chi connectivity index (χ3n) is 4.28. The van der Waals surface area contributed by atoms with Crippen molar-refractivity contribution in [2.45, 2.75) is 19.8 Å². The first-order chi connectivity index (χ1) is 13.7. The summed E-state index contributed by atoms with van der Waals surface area (Å²) in [6.45, 7) is 2.77. The highest BCUT2D eigenvalue weighted by molar-refractivity contribution is 5.62. The van der Waals surface area contributed by atoms with Crippen molar-refractivity contribution < 1.29 is 9.47 Å². The summed E-state index contributed by atoms with van der Waals surface area (Å²) in [5.41, 5.74) is 3.10. The number of nitrogens with zero attached hydrogens (tertiary/aromatic N) is 2. The van der Waals surface area contributed by atoms with Crippen LogP contribution in [0.15, 0.2) is 54.6 Å². The Morgan fingerprint density at radius 2 is 1.68 bits per heavy atom. The van der Waals surface area contributed by atoms with Crippen LogP contribution in [-0.4, -0.2) is 30.7 Å². The van der Waals surface area contributed by atoms with Crippen LogP contribution >= 0.6 is 0 Å². The van der Waals surface area contributed by atoms with Crippen LogP contribution in [-0.2, 0) is 6.42 Å². The second-order valence-electron chi connectivity index (χ2n) is 6.43. The zero-order valence-corrected chi connectivity index (χ0v) is 16.5. The predicted molar refractivity (Wildman–Crippen MR) is 113 cm³/mol. The van der Waals surface area contributed by atoms with Gasteiger partial charge in [-0.15, -0.1) is 0 Å². The first-order valence-corrected chi connectivity index (χ1v) is 9.30. The summed E-state index contributed by atoms with van der Waals surface area (Å²) < 4.78 is 10.6. The van der Waals surface area contributed by atoms with Gasteiger partial charge in [-0.3, -0.25) is 0 Å². The van der Waals surface area contributed by atoms with Crippen molar-refractivity contribution in [3.8, 4) is 11.5 Å². The molecule has 0 amide bonds. The fourth-order valence-electron chi connectivity index (χ4n) is 2.91. The maximum Gasteiger partial charge on any atom is 0.224 e. The van der Waals surface area contributed by atoms with Crippen molar-refractivity contribution >= 4 is 17.5 Å². The number of anilines is 3. The average Bonchev–Trinajstić information content (AvgIpc) is 2.71. The normalized spacial score (nSPS) is 10.4. The second-order valence-corrected chi connectivity index (χ2v) is 6.43. The van der Waals surface area contributed by atoms with Crippen LogP contribution in [0.25, 0.3) is 0 Å². The molecule has 28 heavy (non-hydrogen) atoms. The Kier molecular flexibility index (Phi) is 6.68. The fraction of sp³-hybridized carbons (Fsp3) is 0.273. The lowest BCUT2D eigenvalue weighted by Crippen LogP contribution is -2.08. The zero-order valence-electron chi connectivity index (χ0n) is 16.5. The Labute approximate surface area is 166 Å². The molecule has 0 atom stereocenters. The van der Waals surface area contributed by atoms with Crippen molar-refractivity contribution in [1.29, 1.82) is 0 Å². The maximum atomic E-state index is 5.35. The molecule has 0 unspecified atom stereocenters. The van der Waals surface area contributed by atoms with Crippen LogP contribution in [0.4, 0.5) is 17.5 Å². The number of ether oxygens (including phenoxy) is 2. The van der Waals surface area contributed by atoms with Crippen LogP contribution in [0.1, 0.15) is 17.7 Å². The summed E-state index contributed by atoms with van der Waals surface area (Å²) in [4.78, 5) is 9.04. The quantitative estimate of drug-likeness (QED) is 0.531. The molecule has 2 N–H and O–H groups in total. The monoisotopic (exact) mass is 378 g/mol. The van der Waals surface area contributed by atoms with E-state index < -0.39 is 0 Å². The minimum Gasteiger partial charge on any atom is -0.493 e. The minimum absolute atomic E-state index is 0.621. The largest absolute Gasteiger partial charge is 0.493 e. The van der Waals surface area contributed by atoms with Crippen LogP contribution in [0.2, 0.25) is 0 Å². The SMILES string of the molecule is COc1ccc(Nc2cc(C)nc(NCCCc3ccccc3)n2)cc1OC. The van der Waals surface area contributed by atoms with Crippen LogP contribution in [0, 0.1) is 6.92 Å². The van der Waals surface area contributed by atoms with Crippen molar-refractivity contribution in [3.63, 3.8) is 0 Å². The molecule has 0 fully saturated rings. The van der Waals surface area contributed by atoms with E-state index in [9.17, 15) is 0 Å². The van der Waals surface area contributed by atoms with E-state index in [4.69, 9.17) is 9.47 Å². The van der Waals surface area contributed by atoms with Gasteiger partial charge in [0.2, 0.25) is 5.95 Å². The molecule has 3 rings (SSSR count). The standard InChI is InChI=1S/C22H26N4O2/c1-16-14-21(25-18-11-12-19(27-2)20(15-18)28-3)26-22(24-16)23-13-7-10-17-8-5-4-6-9-17/h4-6,8-9,11-12,14-15H,7,10,13H2,1-3H3,(H2,23,24,25,26). The van der Waals surface area contributed by atoms with Gasteiger partial charge in [0.15, 0.2) is 11.5 Å². The van der Waals surface area contributed by atoms with Crippen LogP contribution in [0.3, 0.4) is 0 Å². The number of rotatable bonds is 9. The molecule has 1 heterocycles. The van der Waals surface area contributed by atoms with E-state index in [1.54, 1.807) is 14.2 Å². The Balaban J connectivity index is 1.61. The highest BCUT2D eigenvalue weighted by atomic mass is 16.5. The van der Waals surface area contributed by atoms with Crippen molar-refractivity contribution in [2.24, 2.45) is 0 Å². The predicted octanol–water partition coefficient (Wildman–Crippen LogP) is 4.59. The Bertz CT molecular complexity index is 900. The van der Waals surface area contributed by atoms with E-state index >= 15 is 0 Å². The topological polar surface area (TPSA) is 68.3 Å². The van der Waals surface area contributed by atoms with Gasteiger partial charge < -0.3 is 20.1 Å². The van der Waals surface area contributed by atoms with Crippen molar-refractivity contribution in [1.82, 2.24) is 9.97 Å². The molecule has 0 spiro atoms. The highest BCUT2D eigenvalue weighted by Crippen LogP contribution is 2.31. The van der Waals surface area contributed by atoms with Gasteiger partial charge in [-0.2, -0.15) is 4.98 Å². The summed E-state index contributed by atoms with van der Waals surface area (Å²) in [6, 6.07) is 18.0. The number of methoxy groups -OCH3 is 2. The number of hydrogen-bond acceptors (Lipinski definition) is 6. The molecular weight excluding hydrogens is 352 g/mol. The fourth-order valence-corrected chi connectivity index (χ4v) is 2.91. The van der Waals surface area contributed by atoms with Gasteiger partial charge >= 0.3 is 0 Å². The highest BCUT2D eigenvalue weighted by Gasteiger charge is 2.07. The molecular formula is C22H26N4O2. The summed E-state index contributed by atoms with van der Waals surface area (Å²) in [5.74, 6) is 2.70. The molecule has 0 bridgehead atoms. The maximum absolute atomic E-state index is 5.35. The van der Waals surface area contributed by atoms with Gasteiger partial charge in [0.25, 0.3) is 0 Å². The number of hydrogen-bond donors (Lipinski definition) is 2. The molecule has 1 aromatic heterocycles. The van der Waals surface area contributed by atoms with E-state index in [1.165, 1.54) is 5.56 Å². The second kappa shape index (κ2) is 9.60. The summed E-state index contributed by atoms with van der Waals surface area (Å²) >= 11 is 0. The van der Waals surface area contributed by atoms with Gasteiger partial charge in [-0.05, 0) is 37.5 Å². The van der Waals surface area contributed by atoms with Gasteiger partial charge in [0.05, 0.1) is 14.2 Å².